The number of aromatic nitrogens is 2. The monoisotopic (exact) mass is 265 g/mol. The summed E-state index contributed by atoms with van der Waals surface area (Å²) in [6.07, 6.45) is 2.08. The summed E-state index contributed by atoms with van der Waals surface area (Å²) in [5.41, 5.74) is 9.69. The lowest BCUT2D eigenvalue weighted by Crippen LogP contribution is -2.01. The summed E-state index contributed by atoms with van der Waals surface area (Å²) >= 11 is 5.84. The van der Waals surface area contributed by atoms with Crippen molar-refractivity contribution in [2.24, 2.45) is 5.73 Å². The van der Waals surface area contributed by atoms with E-state index in [4.69, 9.17) is 17.3 Å². The van der Waals surface area contributed by atoms with Crippen molar-refractivity contribution < 1.29 is 4.39 Å². The Hall–Kier alpha value is -1.39. The molecule has 1 aromatic heterocycles. The third-order valence-corrected chi connectivity index (χ3v) is 3.60. The summed E-state index contributed by atoms with van der Waals surface area (Å²) in [5.74, 6) is -0.404. The fourth-order valence-corrected chi connectivity index (χ4v) is 2.70. The average molecular weight is 266 g/mol. The van der Waals surface area contributed by atoms with Crippen molar-refractivity contribution in [3.05, 3.63) is 40.4 Å². The molecule has 0 bridgehead atoms. The fourth-order valence-electron chi connectivity index (χ4n) is 2.51. The van der Waals surface area contributed by atoms with Crippen molar-refractivity contribution in [2.75, 3.05) is 0 Å². The summed E-state index contributed by atoms with van der Waals surface area (Å²) in [6.45, 7) is 1.31. The van der Waals surface area contributed by atoms with Crippen LogP contribution in [0.3, 0.4) is 0 Å². The Morgan fingerprint density at radius 3 is 3.00 bits per heavy atom. The molecular weight excluding hydrogens is 253 g/mol. The standard InChI is InChI=1S/C13H13ClFN3/c14-9-6-8(3-4-10(9)15)13-11(7-16)17-18-5-1-2-12(13)18/h3-4,6H,1-2,5,7,16H2. The zero-order valence-electron chi connectivity index (χ0n) is 9.79. The van der Waals surface area contributed by atoms with E-state index in [9.17, 15) is 4.39 Å². The molecule has 3 rings (SSSR count). The van der Waals surface area contributed by atoms with Crippen molar-refractivity contribution in [1.82, 2.24) is 9.78 Å². The van der Waals surface area contributed by atoms with Crippen LogP contribution in [0.5, 0.6) is 0 Å². The summed E-state index contributed by atoms with van der Waals surface area (Å²) < 4.78 is 15.2. The highest BCUT2D eigenvalue weighted by Gasteiger charge is 2.22. The largest absolute Gasteiger partial charge is 0.325 e. The van der Waals surface area contributed by atoms with Crippen LogP contribution in [0.2, 0.25) is 5.02 Å². The number of nitrogens with two attached hydrogens (primary N) is 1. The van der Waals surface area contributed by atoms with E-state index in [2.05, 4.69) is 5.10 Å². The second-order valence-electron chi connectivity index (χ2n) is 4.43. The predicted octanol–water partition coefficient (Wildman–Crippen LogP) is 2.75. The molecule has 0 aliphatic carbocycles. The first-order valence-electron chi connectivity index (χ1n) is 5.94. The lowest BCUT2D eigenvalue weighted by atomic mass is 10.0. The van der Waals surface area contributed by atoms with E-state index in [1.807, 2.05) is 4.68 Å². The molecule has 0 fully saturated rings. The van der Waals surface area contributed by atoms with Crippen molar-refractivity contribution >= 4 is 11.6 Å². The van der Waals surface area contributed by atoms with Gasteiger partial charge in [-0.3, -0.25) is 4.68 Å². The Morgan fingerprint density at radius 1 is 1.44 bits per heavy atom. The van der Waals surface area contributed by atoms with Gasteiger partial charge >= 0.3 is 0 Å². The number of hydrogen-bond acceptors (Lipinski definition) is 2. The quantitative estimate of drug-likeness (QED) is 0.907. The van der Waals surface area contributed by atoms with Gasteiger partial charge in [-0.15, -0.1) is 0 Å². The van der Waals surface area contributed by atoms with E-state index in [1.54, 1.807) is 12.1 Å². The minimum atomic E-state index is -0.404. The molecule has 18 heavy (non-hydrogen) atoms. The Bertz CT molecular complexity index is 607. The lowest BCUT2D eigenvalue weighted by Gasteiger charge is -2.05. The number of halogens is 2. The van der Waals surface area contributed by atoms with Crippen molar-refractivity contribution in [3.8, 4) is 11.1 Å². The first-order chi connectivity index (χ1) is 8.70. The van der Waals surface area contributed by atoms with Gasteiger partial charge in [0.05, 0.1) is 10.7 Å². The molecule has 1 aliphatic rings. The number of fused-ring (bicyclic) bond motifs is 1. The summed E-state index contributed by atoms with van der Waals surface area (Å²) in [4.78, 5) is 0. The van der Waals surface area contributed by atoms with Gasteiger partial charge in [0.1, 0.15) is 5.82 Å². The molecule has 2 N–H and O–H groups in total. The van der Waals surface area contributed by atoms with Gasteiger partial charge in [-0.05, 0) is 30.5 Å². The molecule has 0 spiro atoms. The Labute approximate surface area is 109 Å². The molecule has 1 aliphatic heterocycles. The van der Waals surface area contributed by atoms with Crippen LogP contribution in [-0.4, -0.2) is 9.78 Å². The van der Waals surface area contributed by atoms with Crippen LogP contribution in [0.4, 0.5) is 4.39 Å². The molecule has 0 radical (unpaired) electrons. The van der Waals surface area contributed by atoms with Gasteiger partial charge in [-0.1, -0.05) is 17.7 Å². The number of benzene rings is 1. The molecule has 2 aromatic rings. The third kappa shape index (κ3) is 1.72. The summed E-state index contributed by atoms with van der Waals surface area (Å²) in [5, 5.41) is 4.63. The zero-order chi connectivity index (χ0) is 12.7. The Kier molecular flexibility index (Phi) is 2.84. The maximum atomic E-state index is 13.2. The van der Waals surface area contributed by atoms with E-state index in [0.717, 1.165) is 36.2 Å². The van der Waals surface area contributed by atoms with Crippen LogP contribution in [0.1, 0.15) is 17.8 Å². The highest BCUT2D eigenvalue weighted by atomic mass is 35.5. The molecular formula is C13H13ClFN3. The van der Waals surface area contributed by atoms with Crippen LogP contribution < -0.4 is 5.73 Å². The maximum Gasteiger partial charge on any atom is 0.141 e. The molecule has 0 saturated heterocycles. The Morgan fingerprint density at radius 2 is 2.28 bits per heavy atom. The summed E-state index contributed by atoms with van der Waals surface area (Å²) in [7, 11) is 0. The van der Waals surface area contributed by atoms with Gasteiger partial charge in [0, 0.05) is 24.3 Å². The fraction of sp³-hybridized carbons (Fsp3) is 0.308. The first-order valence-corrected chi connectivity index (χ1v) is 6.32. The Balaban J connectivity index is 2.18. The van der Waals surface area contributed by atoms with Crippen LogP contribution in [0.25, 0.3) is 11.1 Å². The van der Waals surface area contributed by atoms with Gasteiger partial charge < -0.3 is 5.73 Å². The molecule has 2 heterocycles. The first kappa shape index (κ1) is 11.7. The average Bonchev–Trinajstić information content (AvgIpc) is 2.92. The number of nitrogens with zero attached hydrogens (tertiary/aromatic N) is 2. The van der Waals surface area contributed by atoms with Crippen LogP contribution >= 0.6 is 11.6 Å². The lowest BCUT2D eigenvalue weighted by molar-refractivity contribution is 0.628. The highest BCUT2D eigenvalue weighted by molar-refractivity contribution is 6.31. The molecule has 0 saturated carbocycles. The molecule has 5 heteroatoms. The van der Waals surface area contributed by atoms with Gasteiger partial charge in [0.25, 0.3) is 0 Å². The minimum absolute atomic E-state index is 0.133. The minimum Gasteiger partial charge on any atom is -0.325 e. The van der Waals surface area contributed by atoms with Crippen molar-refractivity contribution in [1.29, 1.82) is 0 Å². The van der Waals surface area contributed by atoms with Gasteiger partial charge in [-0.25, -0.2) is 4.39 Å². The van der Waals surface area contributed by atoms with E-state index >= 15 is 0 Å². The van der Waals surface area contributed by atoms with E-state index in [1.165, 1.54) is 11.8 Å². The molecule has 3 nitrogen and oxygen atoms in total. The molecule has 0 unspecified atom stereocenters. The van der Waals surface area contributed by atoms with Gasteiger partial charge in [-0.2, -0.15) is 5.10 Å². The number of hydrogen-bond donors (Lipinski definition) is 1. The molecule has 1 aromatic carbocycles. The second-order valence-corrected chi connectivity index (χ2v) is 4.84. The predicted molar refractivity (Wildman–Crippen MR) is 68.8 cm³/mol. The van der Waals surface area contributed by atoms with E-state index in [-0.39, 0.29) is 5.02 Å². The topological polar surface area (TPSA) is 43.8 Å². The second kappa shape index (κ2) is 4.37. The van der Waals surface area contributed by atoms with E-state index in [0.29, 0.717) is 6.54 Å². The number of aryl methyl sites for hydroxylation is 1. The number of rotatable bonds is 2. The van der Waals surface area contributed by atoms with Crippen LogP contribution in [0.15, 0.2) is 18.2 Å². The van der Waals surface area contributed by atoms with Crippen LogP contribution in [0, 0.1) is 5.82 Å². The van der Waals surface area contributed by atoms with Gasteiger partial charge in [0.15, 0.2) is 0 Å². The smallest absolute Gasteiger partial charge is 0.141 e. The third-order valence-electron chi connectivity index (χ3n) is 3.32. The van der Waals surface area contributed by atoms with Crippen molar-refractivity contribution in [2.45, 2.75) is 25.9 Å². The molecule has 0 atom stereocenters. The highest BCUT2D eigenvalue weighted by Crippen LogP contribution is 2.33. The maximum absolute atomic E-state index is 13.2. The van der Waals surface area contributed by atoms with E-state index < -0.39 is 5.82 Å². The summed E-state index contributed by atoms with van der Waals surface area (Å²) in [6, 6.07) is 4.76. The normalized spacial score (nSPS) is 13.9. The van der Waals surface area contributed by atoms with Crippen molar-refractivity contribution in [3.63, 3.8) is 0 Å². The van der Waals surface area contributed by atoms with Crippen LogP contribution in [-0.2, 0) is 19.5 Å². The molecule has 0 amide bonds. The zero-order valence-corrected chi connectivity index (χ0v) is 10.5. The molecule has 94 valence electrons. The van der Waals surface area contributed by atoms with Gasteiger partial charge in [0.2, 0.25) is 0 Å². The SMILES string of the molecule is NCc1nn2c(c1-c1ccc(F)c(Cl)c1)CCC2.